The lowest BCUT2D eigenvalue weighted by Crippen LogP contribution is -1.84. The van der Waals surface area contributed by atoms with E-state index in [2.05, 4.69) is 5.16 Å². The minimum atomic E-state index is -0.855. The lowest BCUT2D eigenvalue weighted by atomic mass is 10.3. The summed E-state index contributed by atoms with van der Waals surface area (Å²) in [5, 5.41) is 3.90. The number of hydrogen-bond donors (Lipinski definition) is 0. The van der Waals surface area contributed by atoms with Crippen LogP contribution >= 0.6 is 11.8 Å². The Morgan fingerprint density at radius 1 is 1.05 bits per heavy atom. The van der Waals surface area contributed by atoms with Crippen LogP contribution in [-0.2, 0) is 5.75 Å². The first-order valence-corrected chi connectivity index (χ1v) is 6.78. The maximum atomic E-state index is 13.1. The smallest absolute Gasteiger partial charge is 0.202 e. The number of thioether (sulfide) groups is 1. The van der Waals surface area contributed by atoms with Gasteiger partial charge >= 0.3 is 0 Å². The van der Waals surface area contributed by atoms with Crippen molar-refractivity contribution in [2.45, 2.75) is 10.6 Å². The first kappa shape index (κ1) is 12.9. The van der Waals surface area contributed by atoms with Gasteiger partial charge in [0.15, 0.2) is 17.4 Å². The van der Waals surface area contributed by atoms with Gasteiger partial charge in [-0.15, -0.1) is 11.8 Å². The number of halogens is 2. The van der Waals surface area contributed by atoms with Gasteiger partial charge in [-0.2, -0.15) is 0 Å². The van der Waals surface area contributed by atoms with Crippen molar-refractivity contribution in [2.75, 3.05) is 0 Å². The van der Waals surface area contributed by atoms with Crippen LogP contribution in [0.1, 0.15) is 5.69 Å². The zero-order chi connectivity index (χ0) is 13.9. The molecule has 102 valence electrons. The Morgan fingerprint density at radius 2 is 1.95 bits per heavy atom. The third-order valence-electron chi connectivity index (χ3n) is 2.60. The highest BCUT2D eigenvalue weighted by atomic mass is 32.2. The molecule has 2 aromatic heterocycles. The van der Waals surface area contributed by atoms with Gasteiger partial charge in [0.1, 0.15) is 0 Å². The van der Waals surface area contributed by atoms with E-state index in [0.29, 0.717) is 27.9 Å². The molecular weight excluding hydrogens is 284 g/mol. The Labute approximate surface area is 117 Å². The van der Waals surface area contributed by atoms with Crippen LogP contribution in [0, 0.1) is 11.6 Å². The van der Waals surface area contributed by atoms with E-state index in [1.807, 2.05) is 0 Å². The molecule has 3 aromatic rings. The van der Waals surface area contributed by atoms with E-state index >= 15 is 0 Å². The lowest BCUT2D eigenvalue weighted by molar-refractivity contribution is 0.413. The number of rotatable bonds is 4. The summed E-state index contributed by atoms with van der Waals surface area (Å²) < 4.78 is 36.2. The third-order valence-corrected chi connectivity index (χ3v) is 3.63. The normalized spacial score (nSPS) is 10.9. The maximum absolute atomic E-state index is 13.1. The fourth-order valence-corrected chi connectivity index (χ4v) is 2.44. The molecular formula is C14H9F2NO2S. The van der Waals surface area contributed by atoms with Gasteiger partial charge in [0.05, 0.1) is 12.0 Å². The fraction of sp³-hybridized carbons (Fsp3) is 0.0714. The highest BCUT2D eigenvalue weighted by Crippen LogP contribution is 2.26. The predicted molar refractivity (Wildman–Crippen MR) is 70.1 cm³/mol. The van der Waals surface area contributed by atoms with E-state index in [1.165, 1.54) is 17.8 Å². The number of hydrogen-bond acceptors (Lipinski definition) is 4. The molecule has 0 fully saturated rings. The molecule has 0 amide bonds. The minimum absolute atomic E-state index is 0.495. The van der Waals surface area contributed by atoms with Crippen LogP contribution < -0.4 is 0 Å². The largest absolute Gasteiger partial charge is 0.461 e. The van der Waals surface area contributed by atoms with E-state index < -0.39 is 11.6 Å². The molecule has 0 N–H and O–H groups in total. The fourth-order valence-electron chi connectivity index (χ4n) is 1.64. The van der Waals surface area contributed by atoms with Crippen molar-refractivity contribution in [3.8, 4) is 11.5 Å². The number of furan rings is 1. The SMILES string of the molecule is Fc1ccc(SCc2cc(-c3ccco3)on2)cc1F. The van der Waals surface area contributed by atoms with E-state index in [1.54, 1.807) is 24.5 Å². The Kier molecular flexibility index (Phi) is 3.56. The summed E-state index contributed by atoms with van der Waals surface area (Å²) in [6.07, 6.45) is 1.55. The third kappa shape index (κ3) is 2.75. The van der Waals surface area contributed by atoms with Crippen LogP contribution in [0.2, 0.25) is 0 Å². The first-order chi connectivity index (χ1) is 9.72. The Morgan fingerprint density at radius 3 is 2.70 bits per heavy atom. The molecule has 0 unspecified atom stereocenters. The van der Waals surface area contributed by atoms with Crippen molar-refractivity contribution in [2.24, 2.45) is 0 Å². The molecule has 0 spiro atoms. The van der Waals surface area contributed by atoms with Crippen LogP contribution in [0.15, 0.2) is 56.5 Å². The molecule has 6 heteroatoms. The zero-order valence-corrected chi connectivity index (χ0v) is 11.0. The van der Waals surface area contributed by atoms with Crippen LogP contribution in [0.3, 0.4) is 0 Å². The van der Waals surface area contributed by atoms with Gasteiger partial charge in [-0.25, -0.2) is 8.78 Å². The standard InChI is InChI=1S/C14H9F2NO2S/c15-11-4-3-10(7-12(11)16)20-8-9-6-14(19-17-9)13-2-1-5-18-13/h1-7H,8H2. The first-order valence-electron chi connectivity index (χ1n) is 5.80. The summed E-state index contributed by atoms with van der Waals surface area (Å²) in [5.74, 6) is -0.0743. The van der Waals surface area contributed by atoms with Crippen LogP contribution in [0.25, 0.3) is 11.5 Å². The minimum Gasteiger partial charge on any atom is -0.461 e. The number of aromatic nitrogens is 1. The molecule has 20 heavy (non-hydrogen) atoms. The van der Waals surface area contributed by atoms with Gasteiger partial charge in [-0.1, -0.05) is 5.16 Å². The van der Waals surface area contributed by atoms with Gasteiger partial charge in [0.25, 0.3) is 0 Å². The topological polar surface area (TPSA) is 39.2 Å². The molecule has 0 bridgehead atoms. The second-order valence-corrected chi connectivity index (χ2v) is 5.07. The Bertz CT molecular complexity index is 710. The molecule has 3 rings (SSSR count). The van der Waals surface area contributed by atoms with E-state index in [0.717, 1.165) is 12.1 Å². The summed E-state index contributed by atoms with van der Waals surface area (Å²) >= 11 is 1.35. The van der Waals surface area contributed by atoms with Crippen molar-refractivity contribution in [1.29, 1.82) is 0 Å². The molecule has 0 aliphatic heterocycles. The van der Waals surface area contributed by atoms with Crippen LogP contribution in [-0.4, -0.2) is 5.16 Å². The summed E-state index contributed by atoms with van der Waals surface area (Å²) in [5.41, 5.74) is 0.700. The molecule has 0 saturated heterocycles. The molecule has 0 atom stereocenters. The summed E-state index contributed by atoms with van der Waals surface area (Å²) in [6, 6.07) is 9.07. The average Bonchev–Trinajstić information content (AvgIpc) is 3.09. The van der Waals surface area contributed by atoms with Crippen molar-refractivity contribution in [1.82, 2.24) is 5.16 Å². The predicted octanol–water partition coefficient (Wildman–Crippen LogP) is 4.51. The van der Waals surface area contributed by atoms with E-state index in [4.69, 9.17) is 8.94 Å². The zero-order valence-electron chi connectivity index (χ0n) is 10.2. The molecule has 1 aromatic carbocycles. The maximum Gasteiger partial charge on any atom is 0.202 e. The van der Waals surface area contributed by atoms with Gasteiger partial charge < -0.3 is 8.94 Å². The van der Waals surface area contributed by atoms with Gasteiger partial charge in [0.2, 0.25) is 5.76 Å². The molecule has 0 aliphatic rings. The molecule has 3 nitrogen and oxygen atoms in total. The van der Waals surface area contributed by atoms with Crippen molar-refractivity contribution < 1.29 is 17.7 Å². The molecule has 0 aliphatic carbocycles. The van der Waals surface area contributed by atoms with Gasteiger partial charge in [0, 0.05) is 16.7 Å². The second-order valence-electron chi connectivity index (χ2n) is 4.02. The Balaban J connectivity index is 1.68. The quantitative estimate of drug-likeness (QED) is 0.664. The molecule has 2 heterocycles. The van der Waals surface area contributed by atoms with Gasteiger partial charge in [-0.3, -0.25) is 0 Å². The summed E-state index contributed by atoms with van der Waals surface area (Å²) in [4.78, 5) is 0.631. The highest BCUT2D eigenvalue weighted by Gasteiger charge is 2.10. The van der Waals surface area contributed by atoms with E-state index in [-0.39, 0.29) is 0 Å². The highest BCUT2D eigenvalue weighted by molar-refractivity contribution is 7.98. The van der Waals surface area contributed by atoms with Gasteiger partial charge in [-0.05, 0) is 30.3 Å². The van der Waals surface area contributed by atoms with Crippen molar-refractivity contribution in [3.63, 3.8) is 0 Å². The number of nitrogens with zero attached hydrogens (tertiary/aromatic N) is 1. The van der Waals surface area contributed by atoms with Crippen LogP contribution in [0.5, 0.6) is 0 Å². The van der Waals surface area contributed by atoms with Crippen molar-refractivity contribution in [3.05, 3.63) is 60.0 Å². The average molecular weight is 293 g/mol. The number of benzene rings is 1. The van der Waals surface area contributed by atoms with Crippen LogP contribution in [0.4, 0.5) is 8.78 Å². The summed E-state index contributed by atoms with van der Waals surface area (Å²) in [7, 11) is 0. The summed E-state index contributed by atoms with van der Waals surface area (Å²) in [6.45, 7) is 0. The molecule has 0 saturated carbocycles. The van der Waals surface area contributed by atoms with E-state index in [9.17, 15) is 8.78 Å². The molecule has 0 radical (unpaired) electrons. The monoisotopic (exact) mass is 293 g/mol. The lowest BCUT2D eigenvalue weighted by Gasteiger charge is -1.99. The Hall–Kier alpha value is -2.08. The van der Waals surface area contributed by atoms with Crippen molar-refractivity contribution >= 4 is 11.8 Å². The second kappa shape index (κ2) is 5.50.